The number of sulfonamides is 1. The molecule has 25 heavy (non-hydrogen) atoms. The molecule has 0 radical (unpaired) electrons. The van der Waals surface area contributed by atoms with E-state index in [2.05, 4.69) is 14.5 Å². The summed E-state index contributed by atoms with van der Waals surface area (Å²) in [5, 5.41) is 0. The molecular weight excluding hydrogens is 336 g/mol. The van der Waals surface area contributed by atoms with Crippen LogP contribution in [0, 0.1) is 0 Å². The fraction of sp³-hybridized carbons (Fsp3) is 0.500. The topological polar surface area (TPSA) is 58.4 Å². The molecule has 0 bridgehead atoms. The molecule has 1 saturated heterocycles. The second-order valence-corrected chi connectivity index (χ2v) is 8.74. The van der Waals surface area contributed by atoms with Crippen LogP contribution in [0.1, 0.15) is 24.6 Å². The second-order valence-electron chi connectivity index (χ2n) is 6.80. The first-order chi connectivity index (χ1) is 12.0. The summed E-state index contributed by atoms with van der Waals surface area (Å²) in [5.74, 6) is 1.14. The third kappa shape index (κ3) is 4.11. The predicted molar refractivity (Wildman–Crippen MR) is 98.0 cm³/mol. The summed E-state index contributed by atoms with van der Waals surface area (Å²) in [4.78, 5) is 7.03. The van der Waals surface area contributed by atoms with Gasteiger partial charge in [-0.25, -0.2) is 13.4 Å². The lowest BCUT2D eigenvalue weighted by molar-refractivity contribution is 0.301. The monoisotopic (exact) mass is 362 g/mol. The SMILES string of the molecule is CN(C)CCn1ccnc1[C@@H]1CCCN(S(=O)(=O)c2ccccc2)C1. The van der Waals surface area contributed by atoms with Crippen molar-refractivity contribution in [1.29, 1.82) is 0 Å². The Hall–Kier alpha value is -1.70. The van der Waals surface area contributed by atoms with Crippen molar-refractivity contribution in [1.82, 2.24) is 18.8 Å². The summed E-state index contributed by atoms with van der Waals surface area (Å²) >= 11 is 0. The molecule has 0 unspecified atom stereocenters. The van der Waals surface area contributed by atoms with E-state index in [9.17, 15) is 8.42 Å². The molecule has 0 aliphatic carbocycles. The first-order valence-electron chi connectivity index (χ1n) is 8.69. The third-order valence-electron chi connectivity index (χ3n) is 4.67. The Morgan fingerprint density at radius 1 is 1.24 bits per heavy atom. The molecule has 7 heteroatoms. The minimum atomic E-state index is -3.44. The van der Waals surface area contributed by atoms with E-state index < -0.39 is 10.0 Å². The Kier molecular flexibility index (Phi) is 5.56. The van der Waals surface area contributed by atoms with Crippen LogP contribution in [0.2, 0.25) is 0 Å². The summed E-state index contributed by atoms with van der Waals surface area (Å²) in [6, 6.07) is 8.69. The van der Waals surface area contributed by atoms with Crippen LogP contribution < -0.4 is 0 Å². The number of likely N-dealkylation sites (N-methyl/N-ethyl adjacent to an activating group) is 1. The number of rotatable bonds is 6. The minimum Gasteiger partial charge on any atom is -0.333 e. The van der Waals surface area contributed by atoms with Gasteiger partial charge >= 0.3 is 0 Å². The number of imidazole rings is 1. The van der Waals surface area contributed by atoms with Crippen LogP contribution in [0.25, 0.3) is 0 Å². The van der Waals surface area contributed by atoms with E-state index in [4.69, 9.17) is 0 Å². The quantitative estimate of drug-likeness (QED) is 0.789. The van der Waals surface area contributed by atoms with E-state index in [0.717, 1.165) is 31.8 Å². The summed E-state index contributed by atoms with van der Waals surface area (Å²) in [7, 11) is 0.657. The maximum atomic E-state index is 12.9. The molecule has 1 atom stereocenters. The molecule has 0 saturated carbocycles. The number of hydrogen-bond acceptors (Lipinski definition) is 4. The maximum Gasteiger partial charge on any atom is 0.243 e. The Bertz CT molecular complexity index is 786. The highest BCUT2D eigenvalue weighted by Gasteiger charge is 2.32. The largest absolute Gasteiger partial charge is 0.333 e. The highest BCUT2D eigenvalue weighted by Crippen LogP contribution is 2.29. The Morgan fingerprint density at radius 2 is 2.00 bits per heavy atom. The van der Waals surface area contributed by atoms with Crippen molar-refractivity contribution in [3.8, 4) is 0 Å². The lowest BCUT2D eigenvalue weighted by Gasteiger charge is -2.32. The zero-order valence-electron chi connectivity index (χ0n) is 14.9. The molecule has 0 N–H and O–H groups in total. The van der Waals surface area contributed by atoms with Crippen molar-refractivity contribution in [2.75, 3.05) is 33.7 Å². The van der Waals surface area contributed by atoms with Crippen molar-refractivity contribution < 1.29 is 8.42 Å². The normalized spacial score (nSPS) is 19.4. The van der Waals surface area contributed by atoms with Gasteiger partial charge in [-0.3, -0.25) is 0 Å². The number of aromatic nitrogens is 2. The Balaban J connectivity index is 1.77. The predicted octanol–water partition coefficient (Wildman–Crippen LogP) is 2.01. The van der Waals surface area contributed by atoms with Crippen molar-refractivity contribution >= 4 is 10.0 Å². The molecule has 0 spiro atoms. The van der Waals surface area contributed by atoms with Gasteiger partial charge in [-0.2, -0.15) is 4.31 Å². The summed E-state index contributed by atoms with van der Waals surface area (Å²) in [6.07, 6.45) is 5.64. The van der Waals surface area contributed by atoms with Gasteiger partial charge in [0.1, 0.15) is 5.82 Å². The minimum absolute atomic E-state index is 0.143. The van der Waals surface area contributed by atoms with Crippen LogP contribution >= 0.6 is 0 Å². The zero-order valence-corrected chi connectivity index (χ0v) is 15.7. The average molecular weight is 362 g/mol. The molecule has 2 aromatic rings. The summed E-state index contributed by atoms with van der Waals surface area (Å²) < 4.78 is 29.6. The van der Waals surface area contributed by atoms with Crippen LogP contribution in [0.3, 0.4) is 0 Å². The van der Waals surface area contributed by atoms with Crippen molar-refractivity contribution in [3.05, 3.63) is 48.5 Å². The van der Waals surface area contributed by atoms with E-state index in [0.29, 0.717) is 18.0 Å². The fourth-order valence-electron chi connectivity index (χ4n) is 3.29. The summed E-state index contributed by atoms with van der Waals surface area (Å²) in [5.41, 5.74) is 0. The highest BCUT2D eigenvalue weighted by molar-refractivity contribution is 7.89. The van der Waals surface area contributed by atoms with Crippen LogP contribution in [0.5, 0.6) is 0 Å². The van der Waals surface area contributed by atoms with E-state index in [1.165, 1.54) is 0 Å². The highest BCUT2D eigenvalue weighted by atomic mass is 32.2. The van der Waals surface area contributed by atoms with Crippen molar-refractivity contribution in [3.63, 3.8) is 0 Å². The van der Waals surface area contributed by atoms with E-state index in [-0.39, 0.29) is 5.92 Å². The van der Waals surface area contributed by atoms with Crippen molar-refractivity contribution in [2.24, 2.45) is 0 Å². The lowest BCUT2D eigenvalue weighted by Crippen LogP contribution is -2.39. The van der Waals surface area contributed by atoms with E-state index in [1.807, 2.05) is 32.6 Å². The Labute approximate surface area is 150 Å². The molecule has 1 aliphatic heterocycles. The fourth-order valence-corrected chi connectivity index (χ4v) is 4.84. The molecule has 1 aliphatic rings. The van der Waals surface area contributed by atoms with Gasteiger partial charge in [0.2, 0.25) is 10.0 Å². The van der Waals surface area contributed by atoms with E-state index in [1.54, 1.807) is 28.6 Å². The van der Waals surface area contributed by atoms with Gasteiger partial charge in [-0.15, -0.1) is 0 Å². The van der Waals surface area contributed by atoms with Crippen LogP contribution in [0.4, 0.5) is 0 Å². The van der Waals surface area contributed by atoms with Gasteiger partial charge in [0.15, 0.2) is 0 Å². The lowest BCUT2D eigenvalue weighted by atomic mass is 9.99. The maximum absolute atomic E-state index is 12.9. The second kappa shape index (κ2) is 7.68. The first kappa shape index (κ1) is 18.1. The molecule has 0 amide bonds. The average Bonchev–Trinajstić information content (AvgIpc) is 3.09. The Morgan fingerprint density at radius 3 is 2.72 bits per heavy atom. The molecular formula is C18H26N4O2S. The van der Waals surface area contributed by atoms with Gasteiger partial charge in [-0.1, -0.05) is 18.2 Å². The van der Waals surface area contributed by atoms with Gasteiger partial charge in [-0.05, 0) is 39.1 Å². The number of benzene rings is 1. The van der Waals surface area contributed by atoms with Crippen LogP contribution in [-0.2, 0) is 16.6 Å². The van der Waals surface area contributed by atoms with Crippen LogP contribution in [0.15, 0.2) is 47.6 Å². The van der Waals surface area contributed by atoms with Gasteiger partial charge < -0.3 is 9.47 Å². The molecule has 3 rings (SSSR count). The molecule has 1 aromatic carbocycles. The van der Waals surface area contributed by atoms with Gasteiger partial charge in [0.25, 0.3) is 0 Å². The van der Waals surface area contributed by atoms with Gasteiger partial charge in [0.05, 0.1) is 4.90 Å². The molecule has 2 heterocycles. The van der Waals surface area contributed by atoms with E-state index >= 15 is 0 Å². The van der Waals surface area contributed by atoms with Gasteiger partial charge in [0, 0.05) is 44.5 Å². The standard InChI is InChI=1S/C18H26N4O2S/c1-20(2)13-14-21-12-10-19-18(21)16-7-6-11-22(15-16)25(23,24)17-8-4-3-5-9-17/h3-5,8-10,12,16H,6-7,11,13-15H2,1-2H3/t16-/m1/s1. The van der Waals surface area contributed by atoms with Crippen molar-refractivity contribution in [2.45, 2.75) is 30.2 Å². The number of nitrogens with zero attached hydrogens (tertiary/aromatic N) is 4. The zero-order chi connectivity index (χ0) is 17.9. The third-order valence-corrected chi connectivity index (χ3v) is 6.55. The molecule has 136 valence electrons. The number of hydrogen-bond donors (Lipinski definition) is 0. The first-order valence-corrected chi connectivity index (χ1v) is 10.1. The van der Waals surface area contributed by atoms with Crippen LogP contribution in [-0.4, -0.2) is 60.9 Å². The smallest absolute Gasteiger partial charge is 0.243 e. The number of piperidine rings is 1. The molecule has 1 fully saturated rings. The molecule has 6 nitrogen and oxygen atoms in total. The summed E-state index contributed by atoms with van der Waals surface area (Å²) in [6.45, 7) is 2.87. The molecule has 1 aromatic heterocycles.